The largest absolute Gasteiger partial charge is 0.507 e. The Balaban J connectivity index is 2.28. The number of rotatable bonds is 3. The molecule has 4 nitrogen and oxygen atoms in total. The quantitative estimate of drug-likeness (QED) is 0.893. The van der Waals surface area contributed by atoms with Crippen molar-refractivity contribution in [3.63, 3.8) is 0 Å². The van der Waals surface area contributed by atoms with Crippen LogP contribution in [-0.4, -0.2) is 18.1 Å². The van der Waals surface area contributed by atoms with Gasteiger partial charge in [-0.3, -0.25) is 4.79 Å². The SMILES string of the molecule is COc1ccccc1NC(=O)c1cc(F)ccc1O. The number of ether oxygens (including phenoxy) is 1. The lowest BCUT2D eigenvalue weighted by atomic mass is 10.1. The Morgan fingerprint density at radius 1 is 1.26 bits per heavy atom. The maximum atomic E-state index is 13.1. The molecule has 2 aromatic rings. The van der Waals surface area contributed by atoms with Crippen LogP contribution >= 0.6 is 0 Å². The lowest BCUT2D eigenvalue weighted by molar-refractivity contribution is 0.102. The minimum atomic E-state index is -0.610. The van der Waals surface area contributed by atoms with Crippen LogP contribution in [0.1, 0.15) is 10.4 Å². The summed E-state index contributed by atoms with van der Waals surface area (Å²) in [6.45, 7) is 0. The fraction of sp³-hybridized carbons (Fsp3) is 0.0714. The molecule has 0 aromatic heterocycles. The molecule has 0 aliphatic heterocycles. The summed E-state index contributed by atoms with van der Waals surface area (Å²) in [6, 6.07) is 9.99. The number of aromatic hydroxyl groups is 1. The number of para-hydroxylation sites is 2. The summed E-state index contributed by atoms with van der Waals surface area (Å²) in [4.78, 5) is 12.0. The molecular formula is C14H12FNO3. The molecule has 0 unspecified atom stereocenters. The van der Waals surface area contributed by atoms with Crippen molar-refractivity contribution < 1.29 is 19.0 Å². The van der Waals surface area contributed by atoms with Crippen molar-refractivity contribution in [2.75, 3.05) is 12.4 Å². The van der Waals surface area contributed by atoms with Crippen molar-refractivity contribution in [3.8, 4) is 11.5 Å². The van der Waals surface area contributed by atoms with Crippen LogP contribution in [-0.2, 0) is 0 Å². The van der Waals surface area contributed by atoms with E-state index in [0.29, 0.717) is 11.4 Å². The third-order valence-electron chi connectivity index (χ3n) is 2.56. The standard InChI is InChI=1S/C14H12FNO3/c1-19-13-5-3-2-4-11(13)16-14(18)10-8-9(15)6-7-12(10)17/h2-8,17H,1H3,(H,16,18). The maximum Gasteiger partial charge on any atom is 0.259 e. The lowest BCUT2D eigenvalue weighted by Crippen LogP contribution is -2.13. The summed E-state index contributed by atoms with van der Waals surface area (Å²) < 4.78 is 18.2. The van der Waals surface area contributed by atoms with Gasteiger partial charge in [-0.2, -0.15) is 0 Å². The molecule has 0 aliphatic carbocycles. The average Bonchev–Trinajstić information content (AvgIpc) is 2.42. The van der Waals surface area contributed by atoms with Crippen molar-refractivity contribution in [1.82, 2.24) is 0 Å². The summed E-state index contributed by atoms with van der Waals surface area (Å²) in [5.74, 6) is -1.01. The van der Waals surface area contributed by atoms with E-state index in [9.17, 15) is 14.3 Å². The third kappa shape index (κ3) is 2.82. The second kappa shape index (κ2) is 5.39. The summed E-state index contributed by atoms with van der Waals surface area (Å²) in [5, 5.41) is 12.1. The van der Waals surface area contributed by atoms with E-state index in [2.05, 4.69) is 5.32 Å². The number of amides is 1. The Morgan fingerprint density at radius 3 is 2.74 bits per heavy atom. The fourth-order valence-corrected chi connectivity index (χ4v) is 1.63. The smallest absolute Gasteiger partial charge is 0.259 e. The average molecular weight is 261 g/mol. The maximum absolute atomic E-state index is 13.1. The molecular weight excluding hydrogens is 249 g/mol. The number of phenolic OH excluding ortho intramolecular Hbond substituents is 1. The minimum Gasteiger partial charge on any atom is -0.507 e. The molecule has 0 spiro atoms. The molecule has 0 bridgehead atoms. The Bertz CT molecular complexity index is 613. The first kappa shape index (κ1) is 12.9. The lowest BCUT2D eigenvalue weighted by Gasteiger charge is -2.10. The first-order chi connectivity index (χ1) is 9.11. The number of methoxy groups -OCH3 is 1. The second-order valence-electron chi connectivity index (χ2n) is 3.82. The number of halogens is 1. The van der Waals surface area contributed by atoms with Gasteiger partial charge < -0.3 is 15.2 Å². The zero-order valence-electron chi connectivity index (χ0n) is 10.2. The Morgan fingerprint density at radius 2 is 2.00 bits per heavy atom. The number of benzene rings is 2. The number of phenols is 1. The molecule has 1 amide bonds. The molecule has 0 radical (unpaired) electrons. The molecule has 98 valence electrons. The highest BCUT2D eigenvalue weighted by molar-refractivity contribution is 6.06. The van der Waals surface area contributed by atoms with E-state index in [1.165, 1.54) is 7.11 Å². The van der Waals surface area contributed by atoms with E-state index in [1.807, 2.05) is 0 Å². The van der Waals surface area contributed by atoms with E-state index >= 15 is 0 Å². The molecule has 2 aromatic carbocycles. The van der Waals surface area contributed by atoms with Gasteiger partial charge in [-0.15, -0.1) is 0 Å². The predicted molar refractivity (Wildman–Crippen MR) is 69.0 cm³/mol. The first-order valence-electron chi connectivity index (χ1n) is 5.54. The van der Waals surface area contributed by atoms with Crippen LogP contribution in [0.15, 0.2) is 42.5 Å². The Labute approximate surface area is 109 Å². The molecule has 0 saturated heterocycles. The highest BCUT2D eigenvalue weighted by Crippen LogP contribution is 2.25. The molecule has 19 heavy (non-hydrogen) atoms. The van der Waals surface area contributed by atoms with Crippen LogP contribution in [0, 0.1) is 5.82 Å². The Kier molecular flexibility index (Phi) is 3.66. The van der Waals surface area contributed by atoms with Gasteiger partial charge in [0, 0.05) is 0 Å². The van der Waals surface area contributed by atoms with Crippen molar-refractivity contribution in [3.05, 3.63) is 53.8 Å². The highest BCUT2D eigenvalue weighted by Gasteiger charge is 2.14. The Hall–Kier alpha value is -2.56. The van der Waals surface area contributed by atoms with Gasteiger partial charge in [0.25, 0.3) is 5.91 Å². The van der Waals surface area contributed by atoms with E-state index in [1.54, 1.807) is 24.3 Å². The van der Waals surface area contributed by atoms with Crippen molar-refractivity contribution in [2.45, 2.75) is 0 Å². The van der Waals surface area contributed by atoms with Gasteiger partial charge in [0.1, 0.15) is 17.3 Å². The van der Waals surface area contributed by atoms with Gasteiger partial charge >= 0.3 is 0 Å². The molecule has 2 rings (SSSR count). The predicted octanol–water partition coefficient (Wildman–Crippen LogP) is 2.79. The molecule has 0 atom stereocenters. The van der Waals surface area contributed by atoms with Crippen LogP contribution in [0.25, 0.3) is 0 Å². The van der Waals surface area contributed by atoms with E-state index in [0.717, 1.165) is 18.2 Å². The molecule has 0 aliphatic rings. The topological polar surface area (TPSA) is 58.6 Å². The first-order valence-corrected chi connectivity index (χ1v) is 5.54. The molecule has 0 fully saturated rings. The zero-order chi connectivity index (χ0) is 13.8. The number of nitrogens with one attached hydrogen (secondary N) is 1. The number of hydrogen-bond acceptors (Lipinski definition) is 3. The monoisotopic (exact) mass is 261 g/mol. The number of anilines is 1. The van der Waals surface area contributed by atoms with Gasteiger partial charge in [0.15, 0.2) is 0 Å². The van der Waals surface area contributed by atoms with Gasteiger partial charge in [0.05, 0.1) is 18.4 Å². The van der Waals surface area contributed by atoms with Gasteiger partial charge in [0.2, 0.25) is 0 Å². The number of carbonyl (C=O) groups excluding carboxylic acids is 1. The number of carbonyl (C=O) groups is 1. The summed E-state index contributed by atoms with van der Waals surface area (Å²) >= 11 is 0. The highest BCUT2D eigenvalue weighted by atomic mass is 19.1. The van der Waals surface area contributed by atoms with E-state index in [4.69, 9.17) is 4.74 Å². The van der Waals surface area contributed by atoms with Crippen LogP contribution in [0.5, 0.6) is 11.5 Å². The van der Waals surface area contributed by atoms with Gasteiger partial charge in [-0.25, -0.2) is 4.39 Å². The molecule has 2 N–H and O–H groups in total. The second-order valence-corrected chi connectivity index (χ2v) is 3.82. The molecule has 5 heteroatoms. The number of hydrogen-bond donors (Lipinski definition) is 2. The summed E-state index contributed by atoms with van der Waals surface area (Å²) in [5.41, 5.74) is 0.310. The van der Waals surface area contributed by atoms with Crippen LogP contribution in [0.2, 0.25) is 0 Å². The van der Waals surface area contributed by atoms with Gasteiger partial charge in [-0.1, -0.05) is 12.1 Å². The van der Waals surface area contributed by atoms with Crippen LogP contribution < -0.4 is 10.1 Å². The van der Waals surface area contributed by atoms with E-state index < -0.39 is 11.7 Å². The van der Waals surface area contributed by atoms with E-state index in [-0.39, 0.29) is 11.3 Å². The third-order valence-corrected chi connectivity index (χ3v) is 2.56. The summed E-state index contributed by atoms with van der Waals surface area (Å²) in [7, 11) is 1.48. The zero-order valence-corrected chi connectivity index (χ0v) is 10.2. The van der Waals surface area contributed by atoms with Crippen molar-refractivity contribution in [2.24, 2.45) is 0 Å². The summed E-state index contributed by atoms with van der Waals surface area (Å²) in [6.07, 6.45) is 0. The normalized spacial score (nSPS) is 10.0. The van der Waals surface area contributed by atoms with Crippen LogP contribution in [0.3, 0.4) is 0 Å². The van der Waals surface area contributed by atoms with Gasteiger partial charge in [-0.05, 0) is 30.3 Å². The van der Waals surface area contributed by atoms with Crippen molar-refractivity contribution in [1.29, 1.82) is 0 Å². The fourth-order valence-electron chi connectivity index (χ4n) is 1.63. The van der Waals surface area contributed by atoms with Crippen molar-refractivity contribution >= 4 is 11.6 Å². The molecule has 0 heterocycles. The van der Waals surface area contributed by atoms with Crippen LogP contribution in [0.4, 0.5) is 10.1 Å². The minimum absolute atomic E-state index is 0.133. The molecule has 0 saturated carbocycles.